The van der Waals surface area contributed by atoms with Crippen molar-refractivity contribution < 1.29 is 9.21 Å². The van der Waals surface area contributed by atoms with E-state index >= 15 is 0 Å². The first-order valence-electron chi connectivity index (χ1n) is 6.95. The minimum absolute atomic E-state index is 0. The Hall–Kier alpha value is -1.30. The third-order valence-corrected chi connectivity index (χ3v) is 4.49. The number of nitrogens with two attached hydrogens (primary N) is 1. The minimum Gasteiger partial charge on any atom is -0.467 e. The van der Waals surface area contributed by atoms with Gasteiger partial charge in [-0.1, -0.05) is 28.1 Å². The van der Waals surface area contributed by atoms with Gasteiger partial charge >= 0.3 is 0 Å². The number of nitrogens with one attached hydrogen (secondary N) is 1. The van der Waals surface area contributed by atoms with Gasteiger partial charge in [-0.15, -0.1) is 12.4 Å². The SMILES string of the molecule is Cl.NCc1cc(C(=O)NCC2(c3cccc(Br)c3)CC2)co1. The molecule has 0 unspecified atom stereocenters. The summed E-state index contributed by atoms with van der Waals surface area (Å²) in [4.78, 5) is 12.1. The topological polar surface area (TPSA) is 68.3 Å². The highest BCUT2D eigenvalue weighted by molar-refractivity contribution is 9.10. The Kier molecular flexibility index (Phi) is 5.32. The van der Waals surface area contributed by atoms with Crippen LogP contribution < -0.4 is 11.1 Å². The Morgan fingerprint density at radius 3 is 2.73 bits per heavy atom. The lowest BCUT2D eigenvalue weighted by Crippen LogP contribution is -2.32. The molecule has 3 N–H and O–H groups in total. The van der Waals surface area contributed by atoms with Gasteiger partial charge in [0, 0.05) is 16.4 Å². The summed E-state index contributed by atoms with van der Waals surface area (Å²) in [6.07, 6.45) is 3.66. The number of hydrogen-bond donors (Lipinski definition) is 2. The first kappa shape index (κ1) is 17.1. The molecule has 1 saturated carbocycles. The lowest BCUT2D eigenvalue weighted by atomic mass is 9.96. The van der Waals surface area contributed by atoms with E-state index in [1.54, 1.807) is 6.07 Å². The van der Waals surface area contributed by atoms with Crippen molar-refractivity contribution in [2.75, 3.05) is 6.54 Å². The van der Waals surface area contributed by atoms with Crippen molar-refractivity contribution in [2.24, 2.45) is 5.73 Å². The van der Waals surface area contributed by atoms with Crippen molar-refractivity contribution in [2.45, 2.75) is 24.8 Å². The van der Waals surface area contributed by atoms with E-state index < -0.39 is 0 Å². The fraction of sp³-hybridized carbons (Fsp3) is 0.312. The molecule has 22 heavy (non-hydrogen) atoms. The summed E-state index contributed by atoms with van der Waals surface area (Å²) in [7, 11) is 0. The van der Waals surface area contributed by atoms with Gasteiger partial charge < -0.3 is 15.5 Å². The van der Waals surface area contributed by atoms with Gasteiger partial charge in [0.15, 0.2) is 0 Å². The van der Waals surface area contributed by atoms with Crippen molar-refractivity contribution in [3.05, 3.63) is 58.0 Å². The van der Waals surface area contributed by atoms with E-state index in [0.717, 1.165) is 17.3 Å². The van der Waals surface area contributed by atoms with E-state index in [2.05, 4.69) is 33.4 Å². The normalized spacial score (nSPS) is 15.0. The highest BCUT2D eigenvalue weighted by atomic mass is 79.9. The van der Waals surface area contributed by atoms with Gasteiger partial charge in [0.2, 0.25) is 0 Å². The van der Waals surface area contributed by atoms with E-state index in [4.69, 9.17) is 10.2 Å². The highest BCUT2D eigenvalue weighted by Gasteiger charge is 2.44. The summed E-state index contributed by atoms with van der Waals surface area (Å²) in [5.41, 5.74) is 7.36. The summed E-state index contributed by atoms with van der Waals surface area (Å²) in [5, 5.41) is 3.00. The van der Waals surface area contributed by atoms with Crippen molar-refractivity contribution in [1.82, 2.24) is 5.32 Å². The van der Waals surface area contributed by atoms with E-state index in [1.165, 1.54) is 11.8 Å². The van der Waals surface area contributed by atoms with Crippen LogP contribution in [0.25, 0.3) is 0 Å². The third kappa shape index (κ3) is 3.54. The second kappa shape index (κ2) is 6.86. The van der Waals surface area contributed by atoms with Crippen molar-refractivity contribution in [1.29, 1.82) is 0 Å². The average molecular weight is 386 g/mol. The van der Waals surface area contributed by atoms with Crippen molar-refractivity contribution in [3.8, 4) is 0 Å². The second-order valence-electron chi connectivity index (χ2n) is 5.48. The van der Waals surface area contributed by atoms with Gasteiger partial charge in [0.1, 0.15) is 12.0 Å². The van der Waals surface area contributed by atoms with Crippen LogP contribution in [0.2, 0.25) is 0 Å². The molecule has 1 aliphatic carbocycles. The molecule has 0 radical (unpaired) electrons. The average Bonchev–Trinajstić information content (AvgIpc) is 3.13. The van der Waals surface area contributed by atoms with Crippen LogP contribution >= 0.6 is 28.3 Å². The van der Waals surface area contributed by atoms with Gasteiger partial charge in [-0.25, -0.2) is 0 Å². The molecule has 0 atom stereocenters. The molecule has 1 aromatic carbocycles. The highest BCUT2D eigenvalue weighted by Crippen LogP contribution is 2.48. The molecule has 6 heteroatoms. The predicted octanol–water partition coefficient (Wildman–Crippen LogP) is 3.38. The van der Waals surface area contributed by atoms with Crippen LogP contribution in [0.5, 0.6) is 0 Å². The van der Waals surface area contributed by atoms with E-state index in [9.17, 15) is 4.79 Å². The fourth-order valence-electron chi connectivity index (χ4n) is 2.50. The van der Waals surface area contributed by atoms with E-state index in [-0.39, 0.29) is 23.7 Å². The number of carbonyl (C=O) groups excluding carboxylic acids is 1. The molecule has 0 aliphatic heterocycles. The molecule has 1 heterocycles. The Morgan fingerprint density at radius 2 is 2.14 bits per heavy atom. The van der Waals surface area contributed by atoms with E-state index in [1.807, 2.05) is 12.1 Å². The molecule has 0 bridgehead atoms. The van der Waals surface area contributed by atoms with Crippen LogP contribution in [0.1, 0.15) is 34.5 Å². The number of carbonyl (C=O) groups is 1. The van der Waals surface area contributed by atoms with Gasteiger partial charge in [0.05, 0.1) is 12.1 Å². The van der Waals surface area contributed by atoms with Crippen LogP contribution in [-0.4, -0.2) is 12.5 Å². The summed E-state index contributed by atoms with van der Waals surface area (Å²) in [5.74, 6) is 0.507. The molecular weight excluding hydrogens is 368 g/mol. The van der Waals surface area contributed by atoms with Crippen LogP contribution in [-0.2, 0) is 12.0 Å². The maximum absolute atomic E-state index is 12.1. The summed E-state index contributed by atoms with van der Waals surface area (Å²) in [6, 6.07) is 9.98. The zero-order valence-electron chi connectivity index (χ0n) is 12.0. The maximum atomic E-state index is 12.1. The molecule has 1 aromatic heterocycles. The second-order valence-corrected chi connectivity index (χ2v) is 6.39. The molecule has 2 aromatic rings. The number of furan rings is 1. The predicted molar refractivity (Wildman–Crippen MR) is 91.2 cm³/mol. The van der Waals surface area contributed by atoms with Crippen molar-refractivity contribution in [3.63, 3.8) is 0 Å². The van der Waals surface area contributed by atoms with Gasteiger partial charge in [-0.3, -0.25) is 4.79 Å². The molecule has 118 valence electrons. The number of rotatable bonds is 5. The molecule has 1 aliphatic rings. The number of benzene rings is 1. The molecule has 1 amide bonds. The summed E-state index contributed by atoms with van der Waals surface area (Å²) >= 11 is 3.50. The van der Waals surface area contributed by atoms with Gasteiger partial charge in [0.25, 0.3) is 5.91 Å². The number of hydrogen-bond acceptors (Lipinski definition) is 3. The first-order chi connectivity index (χ1) is 10.1. The lowest BCUT2D eigenvalue weighted by molar-refractivity contribution is 0.0949. The zero-order valence-corrected chi connectivity index (χ0v) is 14.4. The van der Waals surface area contributed by atoms with Gasteiger partial charge in [-0.2, -0.15) is 0 Å². The van der Waals surface area contributed by atoms with Crippen LogP contribution in [0.4, 0.5) is 0 Å². The third-order valence-electron chi connectivity index (χ3n) is 4.00. The molecule has 1 fully saturated rings. The smallest absolute Gasteiger partial charge is 0.254 e. The lowest BCUT2D eigenvalue weighted by Gasteiger charge is -2.16. The largest absolute Gasteiger partial charge is 0.467 e. The Labute approximate surface area is 144 Å². The van der Waals surface area contributed by atoms with Crippen molar-refractivity contribution >= 4 is 34.2 Å². The van der Waals surface area contributed by atoms with Crippen LogP contribution in [0, 0.1) is 0 Å². The molecular formula is C16H18BrClN2O2. The van der Waals surface area contributed by atoms with Crippen LogP contribution in [0.15, 0.2) is 45.5 Å². The van der Waals surface area contributed by atoms with Gasteiger partial charge in [-0.05, 0) is 36.6 Å². The van der Waals surface area contributed by atoms with Crippen LogP contribution in [0.3, 0.4) is 0 Å². The Morgan fingerprint density at radius 1 is 1.36 bits per heavy atom. The molecule has 3 rings (SSSR count). The fourth-order valence-corrected chi connectivity index (χ4v) is 2.89. The molecule has 0 saturated heterocycles. The zero-order chi connectivity index (χ0) is 14.9. The minimum atomic E-state index is -0.111. The summed E-state index contributed by atoms with van der Waals surface area (Å²) in [6.45, 7) is 0.945. The standard InChI is InChI=1S/C16H17BrN2O2.ClH/c17-13-3-1-2-12(7-13)16(4-5-16)10-19-15(20)11-6-14(8-18)21-9-11;/h1-3,6-7,9H,4-5,8,10,18H2,(H,19,20);1H. The summed E-state index contributed by atoms with van der Waals surface area (Å²) < 4.78 is 6.26. The maximum Gasteiger partial charge on any atom is 0.254 e. The Bertz CT molecular complexity index is 668. The quantitative estimate of drug-likeness (QED) is 0.829. The molecule has 0 spiro atoms. The number of halogens is 2. The number of amides is 1. The monoisotopic (exact) mass is 384 g/mol. The first-order valence-corrected chi connectivity index (χ1v) is 7.74. The molecule has 4 nitrogen and oxygen atoms in total. The Balaban J connectivity index is 0.00000176. The van der Waals surface area contributed by atoms with E-state index in [0.29, 0.717) is 24.4 Å².